The molecule has 2 amide bonds. The maximum absolute atomic E-state index is 13.7. The van der Waals surface area contributed by atoms with E-state index in [2.05, 4.69) is 10.6 Å². The molecule has 6 atom stereocenters. The number of likely N-dealkylation sites (N-methyl/N-ethyl adjacent to an activating group) is 1. The van der Waals surface area contributed by atoms with Crippen LogP contribution in [-0.2, 0) is 49.3 Å². The van der Waals surface area contributed by atoms with Crippen molar-refractivity contribution in [1.82, 2.24) is 19.7 Å². The van der Waals surface area contributed by atoms with Gasteiger partial charge >= 0.3 is 11.9 Å². The van der Waals surface area contributed by atoms with E-state index in [9.17, 15) is 89.4 Å². The van der Waals surface area contributed by atoms with Gasteiger partial charge in [-0.3, -0.25) is 53.1 Å². The molecule has 0 aliphatic carbocycles. The van der Waals surface area contributed by atoms with Gasteiger partial charge in [0.25, 0.3) is 0 Å². The van der Waals surface area contributed by atoms with Crippen LogP contribution in [0, 0.1) is 0 Å². The minimum absolute atomic E-state index is 0. The van der Waals surface area contributed by atoms with E-state index in [1.54, 1.807) is 35.0 Å². The Bertz CT molecular complexity index is 2250. The van der Waals surface area contributed by atoms with E-state index in [1.165, 1.54) is 36.4 Å². The van der Waals surface area contributed by atoms with Crippen LogP contribution >= 0.6 is 0 Å². The molecule has 0 fully saturated rings. The standard InChI is InChI=1S/C52H70N6O18.Mn/c1-56-13-15-57(43(51(73)74)23-49(71)54-37-19-31(45(67)9-5-39(63)27-59)17-32(20-37)46(68)10-6-40(64)28-60)25-35-3-2-4-36(53-35)26-58(16-14-56)44(52(75)76)24-50(72)55-38-21-33(47(69)11-7-41(65)29-61)18-34(22-38)48(70)12-8-42(66)30-62;/h2-4,17-22,39-44,59-66H,5-16,23-30H2,1H3,(H,54,71)(H,55,72)(H,73,74)(H,75,76);. The number of anilines is 2. The van der Waals surface area contributed by atoms with E-state index in [4.69, 9.17) is 4.98 Å². The molecule has 0 spiro atoms. The van der Waals surface area contributed by atoms with Crippen molar-refractivity contribution in [3.05, 3.63) is 88.2 Å². The maximum atomic E-state index is 13.7. The molecular formula is C52H70MnN6O18. The fraction of sp³-hybridized carbons (Fsp3) is 0.519. The number of Topliss-reactive ketones (excluding diaryl/α,β-unsaturated/α-hetero) is 4. The monoisotopic (exact) mass is 1120 g/mol. The predicted molar refractivity (Wildman–Crippen MR) is 271 cm³/mol. The number of benzene rings is 2. The second-order valence-corrected chi connectivity index (χ2v) is 18.9. The summed E-state index contributed by atoms with van der Waals surface area (Å²) in [6.45, 7) is -1.97. The quantitative estimate of drug-likeness (QED) is 0.0305. The first-order valence-corrected chi connectivity index (χ1v) is 24.9. The molecule has 1 aliphatic rings. The van der Waals surface area contributed by atoms with Crippen molar-refractivity contribution in [3.8, 4) is 0 Å². The van der Waals surface area contributed by atoms with Crippen molar-refractivity contribution < 1.29 is 106 Å². The van der Waals surface area contributed by atoms with Crippen molar-refractivity contribution in [2.45, 2.75) is 114 Å². The number of pyridine rings is 1. The fourth-order valence-corrected chi connectivity index (χ4v) is 8.22. The van der Waals surface area contributed by atoms with E-state index >= 15 is 0 Å². The number of aliphatic hydroxyl groups excluding tert-OH is 8. The maximum Gasteiger partial charge on any atom is 0.321 e. The molecule has 6 unspecified atom stereocenters. The molecule has 77 heavy (non-hydrogen) atoms. The smallest absolute Gasteiger partial charge is 0.321 e. The topological polar surface area (TPSA) is 386 Å². The summed E-state index contributed by atoms with van der Waals surface area (Å²) in [5.41, 5.74) is 0.645. The molecule has 24 nitrogen and oxygen atoms in total. The summed E-state index contributed by atoms with van der Waals surface area (Å²) >= 11 is 0. The Labute approximate surface area is 455 Å². The molecular weight excluding hydrogens is 1050 g/mol. The third kappa shape index (κ3) is 21.9. The number of amides is 2. The summed E-state index contributed by atoms with van der Waals surface area (Å²) in [6, 6.07) is 9.76. The average Bonchev–Trinajstić information content (AvgIpc) is 3.40. The van der Waals surface area contributed by atoms with Crippen LogP contribution < -0.4 is 10.6 Å². The summed E-state index contributed by atoms with van der Waals surface area (Å²) in [5.74, 6) is -6.38. The molecule has 3 aromatic rings. The Kier molecular flexibility index (Phi) is 27.9. The van der Waals surface area contributed by atoms with Crippen LogP contribution in [0.2, 0.25) is 0 Å². The van der Waals surface area contributed by atoms with Crippen LogP contribution in [0.3, 0.4) is 0 Å². The average molecular weight is 1120 g/mol. The Morgan fingerprint density at radius 1 is 0.506 bits per heavy atom. The zero-order chi connectivity index (χ0) is 56.1. The van der Waals surface area contributed by atoms with Crippen LogP contribution in [0.5, 0.6) is 0 Å². The Morgan fingerprint density at radius 3 is 1.08 bits per heavy atom. The summed E-state index contributed by atoms with van der Waals surface area (Å²) in [5, 5.41) is 102. The van der Waals surface area contributed by atoms with Gasteiger partial charge < -0.3 is 66.6 Å². The third-order valence-electron chi connectivity index (χ3n) is 12.7. The van der Waals surface area contributed by atoms with Gasteiger partial charge in [-0.15, -0.1) is 0 Å². The second-order valence-electron chi connectivity index (χ2n) is 18.9. The number of carboxylic acids is 2. The molecule has 0 saturated heterocycles. The van der Waals surface area contributed by atoms with Crippen LogP contribution in [0.25, 0.3) is 0 Å². The van der Waals surface area contributed by atoms with Gasteiger partial charge in [-0.25, -0.2) is 0 Å². The van der Waals surface area contributed by atoms with Gasteiger partial charge in [-0.1, -0.05) is 6.07 Å². The van der Waals surface area contributed by atoms with Gasteiger partial charge in [0, 0.05) is 116 Å². The zero-order valence-corrected chi connectivity index (χ0v) is 43.9. The number of aliphatic carboxylic acids is 2. The van der Waals surface area contributed by atoms with Gasteiger partial charge in [0.05, 0.1) is 75.1 Å². The van der Waals surface area contributed by atoms with E-state index in [0.717, 1.165) is 0 Å². The number of hydrogen-bond donors (Lipinski definition) is 12. The number of ketones is 4. The van der Waals surface area contributed by atoms with E-state index in [1.807, 2.05) is 4.90 Å². The Balaban J connectivity index is 0.0000156. The molecule has 4 rings (SSSR count). The number of fused-ring (bicyclic) bond motifs is 2. The number of carbonyl (C=O) groups excluding carboxylic acids is 6. The predicted octanol–water partition coefficient (Wildman–Crippen LogP) is -0.143. The molecule has 2 bridgehead atoms. The number of aromatic nitrogens is 1. The van der Waals surface area contributed by atoms with Gasteiger partial charge in [-0.2, -0.15) is 0 Å². The van der Waals surface area contributed by atoms with Crippen molar-refractivity contribution in [3.63, 3.8) is 0 Å². The molecule has 423 valence electrons. The number of hydrogen-bond acceptors (Lipinski definition) is 20. The van der Waals surface area contributed by atoms with Crippen molar-refractivity contribution >= 4 is 58.3 Å². The molecule has 0 saturated carbocycles. The molecule has 1 radical (unpaired) electrons. The summed E-state index contributed by atoms with van der Waals surface area (Å²) in [4.78, 5) is 116. The summed E-state index contributed by atoms with van der Waals surface area (Å²) in [7, 11) is 1.72. The number of carbonyl (C=O) groups is 8. The molecule has 12 N–H and O–H groups in total. The number of nitrogens with zero attached hydrogens (tertiary/aromatic N) is 4. The third-order valence-corrected chi connectivity index (χ3v) is 12.7. The molecule has 25 heteroatoms. The summed E-state index contributed by atoms with van der Waals surface area (Å²) in [6.07, 6.45) is -7.18. The van der Waals surface area contributed by atoms with E-state index in [0.29, 0.717) is 11.4 Å². The van der Waals surface area contributed by atoms with Gasteiger partial charge in [0.15, 0.2) is 23.1 Å². The van der Waals surface area contributed by atoms with Crippen LogP contribution in [0.15, 0.2) is 54.6 Å². The molecule has 2 heterocycles. The van der Waals surface area contributed by atoms with E-state index in [-0.39, 0.29) is 141 Å². The second kappa shape index (κ2) is 32.8. The van der Waals surface area contributed by atoms with Crippen molar-refractivity contribution in [1.29, 1.82) is 0 Å². The number of nitrogens with one attached hydrogen (secondary N) is 2. The van der Waals surface area contributed by atoms with Crippen molar-refractivity contribution in [2.75, 3.05) is 70.3 Å². The zero-order valence-electron chi connectivity index (χ0n) is 42.7. The molecule has 2 aromatic carbocycles. The van der Waals surface area contributed by atoms with E-state index < -0.39 is 123 Å². The van der Waals surface area contributed by atoms with Gasteiger partial charge in [0.1, 0.15) is 12.1 Å². The molecule has 1 aromatic heterocycles. The Hall–Kier alpha value is -5.77. The minimum atomic E-state index is -1.44. The van der Waals surface area contributed by atoms with Crippen molar-refractivity contribution in [2.24, 2.45) is 0 Å². The van der Waals surface area contributed by atoms with Crippen LogP contribution in [-0.4, -0.2) is 214 Å². The van der Waals surface area contributed by atoms with Gasteiger partial charge in [-0.05, 0) is 81.3 Å². The van der Waals surface area contributed by atoms with Crippen LogP contribution in [0.1, 0.15) is 117 Å². The fourth-order valence-electron chi connectivity index (χ4n) is 8.22. The normalized spacial score (nSPS) is 16.0. The first-order valence-electron chi connectivity index (χ1n) is 24.9. The number of rotatable bonds is 30. The minimum Gasteiger partial charge on any atom is -0.480 e. The first-order chi connectivity index (χ1) is 36.1. The molecule has 1 aliphatic heterocycles. The number of aliphatic hydroxyl groups is 8. The SMILES string of the molecule is CN1CCN(C(CC(=O)Nc2cc(C(=O)CCC(O)CO)cc(C(=O)CCC(O)CO)c2)C(=O)O)Cc2cccc(n2)CN(C(CC(=O)Nc2cc(C(=O)CCC(O)CO)cc(C(=O)CCC(O)CO)c2)C(=O)O)CC1.[Mn]. The van der Waals surface area contributed by atoms with Crippen LogP contribution in [0.4, 0.5) is 11.4 Å². The Morgan fingerprint density at radius 2 is 0.805 bits per heavy atom. The first kappa shape index (κ1) is 65.5. The summed E-state index contributed by atoms with van der Waals surface area (Å²) < 4.78 is 0. The largest absolute Gasteiger partial charge is 0.480 e. The van der Waals surface area contributed by atoms with Gasteiger partial charge in [0.2, 0.25) is 11.8 Å². The number of carboxylic acid groups (broad SMARTS) is 2.